The second-order valence-electron chi connectivity index (χ2n) is 6.23. The van der Waals surface area contributed by atoms with Crippen LogP contribution in [0.25, 0.3) is 0 Å². The molecule has 9 heteroatoms. The maximum Gasteiger partial charge on any atom is 0.292 e. The van der Waals surface area contributed by atoms with Crippen molar-refractivity contribution in [3.8, 4) is 0 Å². The first-order valence-electron chi connectivity index (χ1n) is 8.59. The predicted molar refractivity (Wildman–Crippen MR) is 97.5 cm³/mol. The third kappa shape index (κ3) is 4.08. The molecule has 142 valence electrons. The van der Waals surface area contributed by atoms with Gasteiger partial charge in [-0.3, -0.25) is 19.7 Å². The number of nitrogens with one attached hydrogen (secondary N) is 1. The van der Waals surface area contributed by atoms with Crippen molar-refractivity contribution in [3.63, 3.8) is 0 Å². The number of para-hydroxylation sites is 2. The van der Waals surface area contributed by atoms with Crippen molar-refractivity contribution >= 4 is 23.2 Å². The van der Waals surface area contributed by atoms with E-state index >= 15 is 0 Å². The SMILES string of the molecule is CC(NC(=O)c1ccco1)C(=O)N1CCN(c2ccccc2[N+](=O)[O-])CC1. The van der Waals surface area contributed by atoms with Gasteiger partial charge in [-0.05, 0) is 25.1 Å². The number of benzene rings is 1. The van der Waals surface area contributed by atoms with Crippen LogP contribution in [-0.2, 0) is 4.79 Å². The first-order valence-corrected chi connectivity index (χ1v) is 8.59. The van der Waals surface area contributed by atoms with Crippen LogP contribution in [0.5, 0.6) is 0 Å². The van der Waals surface area contributed by atoms with Gasteiger partial charge in [-0.15, -0.1) is 0 Å². The maximum atomic E-state index is 12.6. The summed E-state index contributed by atoms with van der Waals surface area (Å²) in [7, 11) is 0. The number of piperazine rings is 1. The molecule has 1 saturated heterocycles. The molecular formula is C18H20N4O5. The Morgan fingerprint density at radius 2 is 1.85 bits per heavy atom. The van der Waals surface area contributed by atoms with Crippen molar-refractivity contribution in [2.75, 3.05) is 31.1 Å². The van der Waals surface area contributed by atoms with Crippen LogP contribution >= 0.6 is 0 Å². The third-order valence-corrected chi connectivity index (χ3v) is 4.47. The van der Waals surface area contributed by atoms with Crippen LogP contribution in [0, 0.1) is 10.1 Å². The van der Waals surface area contributed by atoms with Crippen LogP contribution in [-0.4, -0.2) is 53.9 Å². The van der Waals surface area contributed by atoms with E-state index in [2.05, 4.69) is 5.32 Å². The number of nitro benzene ring substituents is 1. The van der Waals surface area contributed by atoms with Crippen molar-refractivity contribution in [1.82, 2.24) is 10.2 Å². The molecule has 9 nitrogen and oxygen atoms in total. The Morgan fingerprint density at radius 3 is 2.48 bits per heavy atom. The van der Waals surface area contributed by atoms with E-state index < -0.39 is 16.9 Å². The van der Waals surface area contributed by atoms with Gasteiger partial charge >= 0.3 is 0 Å². The van der Waals surface area contributed by atoms with E-state index in [0.29, 0.717) is 31.9 Å². The monoisotopic (exact) mass is 372 g/mol. The Morgan fingerprint density at radius 1 is 1.15 bits per heavy atom. The van der Waals surface area contributed by atoms with Crippen molar-refractivity contribution in [2.24, 2.45) is 0 Å². The highest BCUT2D eigenvalue weighted by Gasteiger charge is 2.28. The van der Waals surface area contributed by atoms with E-state index in [0.717, 1.165) is 0 Å². The lowest BCUT2D eigenvalue weighted by Gasteiger charge is -2.36. The fraction of sp³-hybridized carbons (Fsp3) is 0.333. The van der Waals surface area contributed by atoms with E-state index in [-0.39, 0.29) is 17.4 Å². The lowest BCUT2D eigenvalue weighted by Crippen LogP contribution is -2.54. The molecule has 1 N–H and O–H groups in total. The lowest BCUT2D eigenvalue weighted by molar-refractivity contribution is -0.384. The zero-order valence-corrected chi connectivity index (χ0v) is 14.8. The predicted octanol–water partition coefficient (Wildman–Crippen LogP) is 1.65. The van der Waals surface area contributed by atoms with Crippen molar-refractivity contribution in [2.45, 2.75) is 13.0 Å². The number of carbonyl (C=O) groups excluding carboxylic acids is 2. The van der Waals surface area contributed by atoms with Gasteiger partial charge in [0, 0.05) is 32.2 Å². The average molecular weight is 372 g/mol. The normalized spacial score (nSPS) is 15.3. The van der Waals surface area contributed by atoms with Crippen molar-refractivity contribution in [1.29, 1.82) is 0 Å². The number of nitrogens with zero attached hydrogens (tertiary/aromatic N) is 3. The summed E-state index contributed by atoms with van der Waals surface area (Å²) in [4.78, 5) is 38.9. The number of furan rings is 1. The molecule has 1 unspecified atom stereocenters. The summed E-state index contributed by atoms with van der Waals surface area (Å²) < 4.78 is 5.02. The maximum absolute atomic E-state index is 12.6. The van der Waals surface area contributed by atoms with Gasteiger partial charge in [0.2, 0.25) is 5.91 Å². The minimum Gasteiger partial charge on any atom is -0.459 e. The molecule has 1 atom stereocenters. The summed E-state index contributed by atoms with van der Waals surface area (Å²) in [6.45, 7) is 3.43. The Hall–Kier alpha value is -3.36. The zero-order chi connectivity index (χ0) is 19.4. The zero-order valence-electron chi connectivity index (χ0n) is 14.8. The standard InChI is InChI=1S/C18H20N4O5/c1-13(19-17(23)16-7-4-12-27-16)18(24)21-10-8-20(9-11-21)14-5-2-3-6-15(14)22(25)26/h2-7,12-13H,8-11H2,1H3,(H,19,23). The fourth-order valence-electron chi connectivity index (χ4n) is 3.06. The van der Waals surface area contributed by atoms with Crippen molar-refractivity contribution in [3.05, 3.63) is 58.5 Å². The van der Waals surface area contributed by atoms with E-state index in [1.54, 1.807) is 36.1 Å². The molecule has 2 amide bonds. The van der Waals surface area contributed by atoms with Crippen LogP contribution in [0.3, 0.4) is 0 Å². The van der Waals surface area contributed by atoms with Gasteiger partial charge in [0.25, 0.3) is 11.6 Å². The molecule has 27 heavy (non-hydrogen) atoms. The molecule has 0 spiro atoms. The topological polar surface area (TPSA) is 109 Å². The molecule has 2 heterocycles. The Kier molecular flexibility index (Phi) is 5.39. The fourth-order valence-corrected chi connectivity index (χ4v) is 3.06. The van der Waals surface area contributed by atoms with Crippen molar-refractivity contribution < 1.29 is 18.9 Å². The lowest BCUT2D eigenvalue weighted by atomic mass is 10.2. The number of carbonyl (C=O) groups is 2. The molecule has 1 aromatic heterocycles. The quantitative estimate of drug-likeness (QED) is 0.631. The third-order valence-electron chi connectivity index (χ3n) is 4.47. The summed E-state index contributed by atoms with van der Waals surface area (Å²) in [5, 5.41) is 13.8. The average Bonchev–Trinajstić information content (AvgIpc) is 3.22. The first-order chi connectivity index (χ1) is 13.0. The molecule has 1 aliphatic heterocycles. The van der Waals surface area contributed by atoms with Crippen LogP contribution in [0.1, 0.15) is 17.5 Å². The number of anilines is 1. The highest BCUT2D eigenvalue weighted by molar-refractivity contribution is 5.95. The molecule has 0 saturated carbocycles. The minimum atomic E-state index is -0.694. The summed E-state index contributed by atoms with van der Waals surface area (Å²) in [6, 6.07) is 9.00. The molecule has 0 aliphatic carbocycles. The van der Waals surface area contributed by atoms with Crippen LogP contribution in [0.4, 0.5) is 11.4 Å². The van der Waals surface area contributed by atoms with E-state index in [1.165, 1.54) is 18.4 Å². The number of hydrogen-bond acceptors (Lipinski definition) is 6. The molecule has 1 fully saturated rings. The van der Waals surface area contributed by atoms with Gasteiger partial charge in [-0.1, -0.05) is 12.1 Å². The highest BCUT2D eigenvalue weighted by Crippen LogP contribution is 2.28. The molecule has 1 aromatic carbocycles. The molecule has 0 radical (unpaired) electrons. The van der Waals surface area contributed by atoms with E-state index in [4.69, 9.17) is 4.42 Å². The molecular weight excluding hydrogens is 352 g/mol. The summed E-state index contributed by atoms with van der Waals surface area (Å²) in [6.07, 6.45) is 1.39. The first kappa shape index (κ1) is 18.4. The summed E-state index contributed by atoms with van der Waals surface area (Å²) in [5.74, 6) is -0.493. The van der Waals surface area contributed by atoms with Gasteiger partial charge in [-0.2, -0.15) is 0 Å². The number of amides is 2. The van der Waals surface area contributed by atoms with Gasteiger partial charge in [0.05, 0.1) is 11.2 Å². The largest absolute Gasteiger partial charge is 0.459 e. The molecule has 1 aliphatic rings. The second-order valence-corrected chi connectivity index (χ2v) is 6.23. The Bertz CT molecular complexity index is 828. The summed E-state index contributed by atoms with van der Waals surface area (Å²) >= 11 is 0. The van der Waals surface area contributed by atoms with Gasteiger partial charge in [0.1, 0.15) is 11.7 Å². The van der Waals surface area contributed by atoms with Gasteiger partial charge < -0.3 is 19.5 Å². The molecule has 0 bridgehead atoms. The van der Waals surface area contributed by atoms with Crippen LogP contribution < -0.4 is 10.2 Å². The Labute approximate surface area is 155 Å². The van der Waals surface area contributed by atoms with Crippen LogP contribution in [0.2, 0.25) is 0 Å². The number of nitro groups is 1. The van der Waals surface area contributed by atoms with E-state index in [9.17, 15) is 19.7 Å². The smallest absolute Gasteiger partial charge is 0.292 e. The molecule has 3 rings (SSSR count). The summed E-state index contributed by atoms with van der Waals surface area (Å²) in [5.41, 5.74) is 0.602. The van der Waals surface area contributed by atoms with Gasteiger partial charge in [0.15, 0.2) is 5.76 Å². The Balaban J connectivity index is 1.58. The van der Waals surface area contributed by atoms with E-state index in [1.807, 2.05) is 4.90 Å². The molecule has 2 aromatic rings. The van der Waals surface area contributed by atoms with Crippen LogP contribution in [0.15, 0.2) is 47.1 Å². The van der Waals surface area contributed by atoms with Gasteiger partial charge in [-0.25, -0.2) is 0 Å². The number of hydrogen-bond donors (Lipinski definition) is 1. The number of rotatable bonds is 5. The second kappa shape index (κ2) is 7.90. The minimum absolute atomic E-state index is 0.0522. The highest BCUT2D eigenvalue weighted by atomic mass is 16.6.